The van der Waals surface area contributed by atoms with Gasteiger partial charge in [-0.1, -0.05) is 0 Å². The number of aliphatic carboxylic acids is 1. The molecule has 0 atom stereocenters. The van der Waals surface area contributed by atoms with Crippen LogP contribution in [-0.2, 0) is 4.79 Å². The molecule has 1 aromatic carbocycles. The van der Waals surface area contributed by atoms with E-state index in [1.807, 2.05) is 6.92 Å². The quantitative estimate of drug-likeness (QED) is 0.621. The Kier molecular flexibility index (Phi) is 2.24. The lowest BCUT2D eigenvalue weighted by molar-refractivity contribution is -0.131. The van der Waals surface area contributed by atoms with E-state index >= 15 is 0 Å². The summed E-state index contributed by atoms with van der Waals surface area (Å²) in [6, 6.07) is 4.74. The van der Waals surface area contributed by atoms with Crippen molar-refractivity contribution < 1.29 is 14.7 Å². The number of rotatable bonds is 2. The number of hydrogen-bond acceptors (Lipinski definition) is 4. The fourth-order valence-electron chi connectivity index (χ4n) is 1.31. The molecule has 0 aliphatic rings. The second kappa shape index (κ2) is 3.43. The van der Waals surface area contributed by atoms with Gasteiger partial charge in [0.05, 0.1) is 15.2 Å². The maximum Gasteiger partial charge on any atom is 0.377 e. The number of Topliss-reactive ketones (excluding diaryl/α,β-unsaturated/α-hetero) is 1. The van der Waals surface area contributed by atoms with E-state index in [-0.39, 0.29) is 5.56 Å². The number of carbonyl (C=O) groups excluding carboxylic acids is 1. The van der Waals surface area contributed by atoms with Gasteiger partial charge in [0.1, 0.15) is 0 Å². The molecule has 0 amide bonds. The Hall–Kier alpha value is -1.75. The third-order valence-corrected chi connectivity index (χ3v) is 2.90. The van der Waals surface area contributed by atoms with Crippen LogP contribution >= 0.6 is 11.3 Å². The van der Waals surface area contributed by atoms with Crippen molar-refractivity contribution in [2.75, 3.05) is 0 Å². The zero-order valence-electron chi connectivity index (χ0n) is 7.85. The number of hydrogen-bond donors (Lipinski definition) is 1. The standard InChI is InChI=1S/C10H7NO3S/c1-5-11-7-4-6(9(12)10(13)14)2-3-8(7)15-5/h2-4H,1H3,(H,13,14). The number of benzene rings is 1. The molecule has 0 spiro atoms. The first kappa shape index (κ1) is 9.79. The van der Waals surface area contributed by atoms with Crippen molar-refractivity contribution in [3.8, 4) is 0 Å². The van der Waals surface area contributed by atoms with Crippen molar-refractivity contribution in [2.24, 2.45) is 0 Å². The van der Waals surface area contributed by atoms with Gasteiger partial charge in [0.2, 0.25) is 0 Å². The van der Waals surface area contributed by atoms with Gasteiger partial charge in [0.25, 0.3) is 5.78 Å². The summed E-state index contributed by atoms with van der Waals surface area (Å²) in [4.78, 5) is 25.8. The van der Waals surface area contributed by atoms with Gasteiger partial charge in [0, 0.05) is 5.56 Å². The molecule has 2 rings (SSSR count). The van der Waals surface area contributed by atoms with E-state index in [1.54, 1.807) is 6.07 Å². The Labute approximate surface area is 89.2 Å². The van der Waals surface area contributed by atoms with E-state index in [9.17, 15) is 9.59 Å². The highest BCUT2D eigenvalue weighted by Crippen LogP contribution is 2.22. The summed E-state index contributed by atoms with van der Waals surface area (Å²) in [7, 11) is 0. The second-order valence-corrected chi connectivity index (χ2v) is 4.28. The van der Waals surface area contributed by atoms with Crippen LogP contribution in [0.15, 0.2) is 18.2 Å². The highest BCUT2D eigenvalue weighted by Gasteiger charge is 2.15. The highest BCUT2D eigenvalue weighted by molar-refractivity contribution is 7.18. The minimum Gasteiger partial charge on any atom is -0.475 e. The molecule has 4 nitrogen and oxygen atoms in total. The maximum absolute atomic E-state index is 11.2. The summed E-state index contributed by atoms with van der Waals surface area (Å²) in [5, 5.41) is 9.44. The van der Waals surface area contributed by atoms with Gasteiger partial charge in [-0.2, -0.15) is 0 Å². The van der Waals surface area contributed by atoms with Gasteiger partial charge in [-0.05, 0) is 25.1 Å². The van der Waals surface area contributed by atoms with Gasteiger partial charge in [-0.25, -0.2) is 9.78 Å². The first-order valence-electron chi connectivity index (χ1n) is 4.23. The average Bonchev–Trinajstić information content (AvgIpc) is 2.55. The normalized spacial score (nSPS) is 10.5. The van der Waals surface area contributed by atoms with E-state index in [0.717, 1.165) is 9.71 Å². The Bertz CT molecular complexity index is 559. The highest BCUT2D eigenvalue weighted by atomic mass is 32.1. The lowest BCUT2D eigenvalue weighted by atomic mass is 10.1. The SMILES string of the molecule is Cc1nc2cc(C(=O)C(=O)O)ccc2s1. The van der Waals surface area contributed by atoms with Crippen LogP contribution in [0.1, 0.15) is 15.4 Å². The number of ketones is 1. The maximum atomic E-state index is 11.2. The van der Waals surface area contributed by atoms with Gasteiger partial charge >= 0.3 is 5.97 Å². The number of carboxylic acid groups (broad SMARTS) is 1. The van der Waals surface area contributed by atoms with Crippen molar-refractivity contribution in [1.29, 1.82) is 0 Å². The molecule has 0 radical (unpaired) electrons. The van der Waals surface area contributed by atoms with Crippen molar-refractivity contribution in [2.45, 2.75) is 6.92 Å². The first-order valence-corrected chi connectivity index (χ1v) is 5.04. The van der Waals surface area contributed by atoms with Crippen LogP contribution in [0.3, 0.4) is 0 Å². The Balaban J connectivity index is 2.55. The van der Waals surface area contributed by atoms with E-state index in [0.29, 0.717) is 5.52 Å². The van der Waals surface area contributed by atoms with E-state index in [2.05, 4.69) is 4.98 Å². The predicted molar refractivity (Wildman–Crippen MR) is 56.3 cm³/mol. The minimum absolute atomic E-state index is 0.167. The van der Waals surface area contributed by atoms with E-state index < -0.39 is 11.8 Å². The predicted octanol–water partition coefficient (Wildman–Crippen LogP) is 1.87. The first-order chi connectivity index (χ1) is 7.08. The van der Waals surface area contributed by atoms with Crippen LogP contribution in [0, 0.1) is 6.92 Å². The zero-order valence-corrected chi connectivity index (χ0v) is 8.67. The molecule has 2 aromatic rings. The molecular formula is C10H7NO3S. The molecule has 0 bridgehead atoms. The fourth-order valence-corrected chi connectivity index (χ4v) is 2.11. The van der Waals surface area contributed by atoms with Crippen molar-refractivity contribution >= 4 is 33.3 Å². The Morgan fingerprint density at radius 3 is 2.80 bits per heavy atom. The number of aromatic nitrogens is 1. The number of carboxylic acids is 1. The lowest BCUT2D eigenvalue weighted by Gasteiger charge is -1.94. The molecule has 1 aromatic heterocycles. The molecule has 0 saturated heterocycles. The van der Waals surface area contributed by atoms with Gasteiger partial charge in [0.15, 0.2) is 0 Å². The van der Waals surface area contributed by atoms with Crippen LogP contribution in [0.25, 0.3) is 10.2 Å². The lowest BCUT2D eigenvalue weighted by Crippen LogP contribution is -2.12. The summed E-state index contributed by atoms with van der Waals surface area (Å²) >= 11 is 1.51. The number of thiazole rings is 1. The summed E-state index contributed by atoms with van der Waals surface area (Å²) in [6.45, 7) is 1.86. The van der Waals surface area contributed by atoms with Crippen molar-refractivity contribution in [3.63, 3.8) is 0 Å². The molecular weight excluding hydrogens is 214 g/mol. The molecule has 15 heavy (non-hydrogen) atoms. The number of aryl methyl sites for hydroxylation is 1. The second-order valence-electron chi connectivity index (χ2n) is 3.05. The molecule has 0 saturated carbocycles. The van der Waals surface area contributed by atoms with Crippen molar-refractivity contribution in [1.82, 2.24) is 4.98 Å². The molecule has 0 fully saturated rings. The Morgan fingerprint density at radius 2 is 2.13 bits per heavy atom. The summed E-state index contributed by atoms with van der Waals surface area (Å²) in [5.74, 6) is -2.34. The van der Waals surface area contributed by atoms with Crippen LogP contribution in [0.2, 0.25) is 0 Å². The molecule has 1 N–H and O–H groups in total. The van der Waals surface area contributed by atoms with Gasteiger partial charge < -0.3 is 5.11 Å². The molecule has 0 aliphatic heterocycles. The summed E-state index contributed by atoms with van der Waals surface area (Å²) in [5.41, 5.74) is 0.838. The largest absolute Gasteiger partial charge is 0.475 e. The summed E-state index contributed by atoms with van der Waals surface area (Å²) in [6.07, 6.45) is 0. The molecule has 76 valence electrons. The number of fused-ring (bicyclic) bond motifs is 1. The molecule has 0 unspecified atom stereocenters. The minimum atomic E-state index is -1.44. The van der Waals surface area contributed by atoms with Crippen LogP contribution in [0.4, 0.5) is 0 Å². The monoisotopic (exact) mass is 221 g/mol. The van der Waals surface area contributed by atoms with Gasteiger partial charge in [-0.3, -0.25) is 4.79 Å². The number of nitrogens with zero attached hydrogens (tertiary/aromatic N) is 1. The third kappa shape index (κ3) is 1.73. The smallest absolute Gasteiger partial charge is 0.377 e. The van der Waals surface area contributed by atoms with Crippen LogP contribution < -0.4 is 0 Å². The average molecular weight is 221 g/mol. The number of carbonyl (C=O) groups is 2. The van der Waals surface area contributed by atoms with Gasteiger partial charge in [-0.15, -0.1) is 11.3 Å². The Morgan fingerprint density at radius 1 is 1.40 bits per heavy atom. The van der Waals surface area contributed by atoms with Crippen molar-refractivity contribution in [3.05, 3.63) is 28.8 Å². The molecule has 1 heterocycles. The van der Waals surface area contributed by atoms with Crippen LogP contribution in [-0.4, -0.2) is 21.8 Å². The van der Waals surface area contributed by atoms with E-state index in [4.69, 9.17) is 5.11 Å². The molecule has 0 aliphatic carbocycles. The topological polar surface area (TPSA) is 67.3 Å². The zero-order chi connectivity index (χ0) is 11.0. The van der Waals surface area contributed by atoms with E-state index in [1.165, 1.54) is 23.5 Å². The van der Waals surface area contributed by atoms with Crippen LogP contribution in [0.5, 0.6) is 0 Å². The fraction of sp³-hybridized carbons (Fsp3) is 0.100. The molecule has 5 heteroatoms. The summed E-state index contributed by atoms with van der Waals surface area (Å²) < 4.78 is 0.953. The third-order valence-electron chi connectivity index (χ3n) is 1.95.